The summed E-state index contributed by atoms with van der Waals surface area (Å²) in [5, 5.41) is 9.97. The standard InChI is InChI=1S/C14H20ClNO2/c1-5-16(14(3,4)13(17)18)9-11-7-6-10(2)12(15)8-11/h6-8H,5,9H2,1-4H3,(H,17,18). The minimum atomic E-state index is -0.883. The van der Waals surface area contributed by atoms with E-state index in [-0.39, 0.29) is 0 Å². The summed E-state index contributed by atoms with van der Waals surface area (Å²) in [5.41, 5.74) is 1.18. The number of rotatable bonds is 5. The predicted octanol–water partition coefficient (Wildman–Crippen LogP) is 3.33. The first-order valence-corrected chi connectivity index (χ1v) is 6.40. The minimum Gasteiger partial charge on any atom is -0.480 e. The van der Waals surface area contributed by atoms with Gasteiger partial charge in [-0.1, -0.05) is 30.7 Å². The number of aryl methyl sites for hydroxylation is 1. The third-order valence-corrected chi connectivity index (χ3v) is 3.71. The second-order valence-corrected chi connectivity index (χ2v) is 5.37. The Hall–Kier alpha value is -1.06. The van der Waals surface area contributed by atoms with E-state index >= 15 is 0 Å². The number of hydrogen-bond donors (Lipinski definition) is 1. The first kappa shape index (κ1) is 15.0. The lowest BCUT2D eigenvalue weighted by atomic mass is 10.0. The number of benzene rings is 1. The molecule has 0 bridgehead atoms. The van der Waals surface area contributed by atoms with Crippen LogP contribution in [0.1, 0.15) is 31.9 Å². The smallest absolute Gasteiger partial charge is 0.323 e. The van der Waals surface area contributed by atoms with Gasteiger partial charge in [-0.2, -0.15) is 0 Å². The van der Waals surface area contributed by atoms with Crippen LogP contribution in [0.15, 0.2) is 18.2 Å². The van der Waals surface area contributed by atoms with Crippen molar-refractivity contribution >= 4 is 17.6 Å². The van der Waals surface area contributed by atoms with Crippen LogP contribution in [0.5, 0.6) is 0 Å². The van der Waals surface area contributed by atoms with Gasteiger partial charge in [-0.25, -0.2) is 0 Å². The van der Waals surface area contributed by atoms with E-state index < -0.39 is 11.5 Å². The lowest BCUT2D eigenvalue weighted by molar-refractivity contribution is -0.149. The average Bonchev–Trinajstić information content (AvgIpc) is 2.30. The Morgan fingerprint density at radius 2 is 2.06 bits per heavy atom. The van der Waals surface area contributed by atoms with Crippen molar-refractivity contribution in [2.75, 3.05) is 6.54 Å². The first-order valence-electron chi connectivity index (χ1n) is 6.02. The predicted molar refractivity (Wildman–Crippen MR) is 74.0 cm³/mol. The molecule has 100 valence electrons. The van der Waals surface area contributed by atoms with E-state index in [0.717, 1.165) is 16.1 Å². The SMILES string of the molecule is CCN(Cc1ccc(C)c(Cl)c1)C(C)(C)C(=O)O. The second-order valence-electron chi connectivity index (χ2n) is 4.96. The third-order valence-electron chi connectivity index (χ3n) is 3.31. The molecular weight excluding hydrogens is 250 g/mol. The van der Waals surface area contributed by atoms with Crippen molar-refractivity contribution in [3.63, 3.8) is 0 Å². The molecule has 0 aliphatic heterocycles. The van der Waals surface area contributed by atoms with E-state index in [1.54, 1.807) is 13.8 Å². The molecule has 0 aromatic heterocycles. The van der Waals surface area contributed by atoms with Crippen molar-refractivity contribution in [1.82, 2.24) is 4.90 Å². The molecule has 0 saturated heterocycles. The molecule has 0 saturated carbocycles. The summed E-state index contributed by atoms with van der Waals surface area (Å²) in [6, 6.07) is 5.85. The van der Waals surface area contributed by atoms with Crippen LogP contribution >= 0.6 is 11.6 Å². The largest absolute Gasteiger partial charge is 0.480 e. The van der Waals surface area contributed by atoms with Crippen molar-refractivity contribution in [2.45, 2.75) is 39.8 Å². The molecule has 1 rings (SSSR count). The molecule has 0 atom stereocenters. The molecule has 0 aliphatic carbocycles. The Morgan fingerprint density at radius 3 is 2.50 bits per heavy atom. The lowest BCUT2D eigenvalue weighted by Crippen LogP contribution is -2.49. The van der Waals surface area contributed by atoms with Crippen LogP contribution in [0.4, 0.5) is 0 Å². The van der Waals surface area contributed by atoms with Crippen molar-refractivity contribution < 1.29 is 9.90 Å². The van der Waals surface area contributed by atoms with Gasteiger partial charge in [0.05, 0.1) is 0 Å². The summed E-state index contributed by atoms with van der Waals surface area (Å²) in [6.45, 7) is 8.59. The summed E-state index contributed by atoms with van der Waals surface area (Å²) >= 11 is 6.08. The Labute approximate surface area is 113 Å². The van der Waals surface area contributed by atoms with Gasteiger partial charge < -0.3 is 5.11 Å². The number of carbonyl (C=O) groups is 1. The molecule has 1 aromatic carbocycles. The van der Waals surface area contributed by atoms with Gasteiger partial charge in [0.1, 0.15) is 5.54 Å². The number of halogens is 1. The van der Waals surface area contributed by atoms with Gasteiger partial charge in [-0.15, -0.1) is 0 Å². The van der Waals surface area contributed by atoms with E-state index in [4.69, 9.17) is 11.6 Å². The molecule has 0 aliphatic rings. The van der Waals surface area contributed by atoms with Crippen molar-refractivity contribution in [3.05, 3.63) is 34.3 Å². The summed E-state index contributed by atoms with van der Waals surface area (Å²) < 4.78 is 0. The molecule has 1 N–H and O–H groups in total. The van der Waals surface area contributed by atoms with Crippen molar-refractivity contribution in [3.8, 4) is 0 Å². The van der Waals surface area contributed by atoms with Crippen LogP contribution in [-0.2, 0) is 11.3 Å². The van der Waals surface area contributed by atoms with Crippen LogP contribution in [0.25, 0.3) is 0 Å². The van der Waals surface area contributed by atoms with Gasteiger partial charge in [0.2, 0.25) is 0 Å². The average molecular weight is 270 g/mol. The van der Waals surface area contributed by atoms with Gasteiger partial charge >= 0.3 is 5.97 Å². The van der Waals surface area contributed by atoms with Crippen LogP contribution in [-0.4, -0.2) is 28.1 Å². The molecule has 0 amide bonds. The summed E-state index contributed by atoms with van der Waals surface area (Å²) in [4.78, 5) is 13.2. The number of likely N-dealkylation sites (N-methyl/N-ethyl adjacent to an activating group) is 1. The number of nitrogens with zero attached hydrogens (tertiary/aromatic N) is 1. The molecule has 0 fully saturated rings. The molecule has 3 nitrogen and oxygen atoms in total. The van der Waals surface area contributed by atoms with Gasteiger partial charge in [-0.05, 0) is 44.5 Å². The van der Waals surface area contributed by atoms with Crippen LogP contribution in [0, 0.1) is 6.92 Å². The normalized spacial score (nSPS) is 11.9. The highest BCUT2D eigenvalue weighted by atomic mass is 35.5. The zero-order valence-corrected chi connectivity index (χ0v) is 12.1. The van der Waals surface area contributed by atoms with E-state index in [9.17, 15) is 9.90 Å². The highest BCUT2D eigenvalue weighted by molar-refractivity contribution is 6.31. The molecule has 0 unspecified atom stereocenters. The zero-order valence-electron chi connectivity index (χ0n) is 11.3. The first-order chi connectivity index (χ1) is 8.28. The fourth-order valence-electron chi connectivity index (χ4n) is 1.80. The van der Waals surface area contributed by atoms with Crippen LogP contribution in [0.3, 0.4) is 0 Å². The quantitative estimate of drug-likeness (QED) is 0.891. The topological polar surface area (TPSA) is 40.5 Å². The molecule has 1 aromatic rings. The molecule has 0 heterocycles. The monoisotopic (exact) mass is 269 g/mol. The Kier molecular flexibility index (Phi) is 4.77. The Balaban J connectivity index is 2.93. The summed E-state index contributed by atoms with van der Waals surface area (Å²) in [5.74, 6) is -0.817. The van der Waals surface area contributed by atoms with Gasteiger partial charge in [0.15, 0.2) is 0 Å². The molecular formula is C14H20ClNO2. The molecule has 18 heavy (non-hydrogen) atoms. The minimum absolute atomic E-state index is 0.579. The molecule has 4 heteroatoms. The van der Waals surface area contributed by atoms with E-state index in [2.05, 4.69) is 0 Å². The van der Waals surface area contributed by atoms with E-state index in [1.165, 1.54) is 0 Å². The van der Waals surface area contributed by atoms with Gasteiger partial charge in [0.25, 0.3) is 0 Å². The summed E-state index contributed by atoms with van der Waals surface area (Å²) in [6.07, 6.45) is 0. The fourth-order valence-corrected chi connectivity index (χ4v) is 2.00. The molecule has 0 spiro atoms. The highest BCUT2D eigenvalue weighted by Gasteiger charge is 2.33. The Bertz CT molecular complexity index is 443. The highest BCUT2D eigenvalue weighted by Crippen LogP contribution is 2.21. The van der Waals surface area contributed by atoms with E-state index in [0.29, 0.717) is 13.1 Å². The Morgan fingerprint density at radius 1 is 1.44 bits per heavy atom. The zero-order chi connectivity index (χ0) is 13.9. The summed E-state index contributed by atoms with van der Waals surface area (Å²) in [7, 11) is 0. The van der Waals surface area contributed by atoms with Gasteiger partial charge in [-0.3, -0.25) is 9.69 Å². The maximum Gasteiger partial charge on any atom is 0.323 e. The van der Waals surface area contributed by atoms with E-state index in [1.807, 2.05) is 36.9 Å². The van der Waals surface area contributed by atoms with Gasteiger partial charge in [0, 0.05) is 11.6 Å². The van der Waals surface area contributed by atoms with Crippen molar-refractivity contribution in [2.24, 2.45) is 0 Å². The number of hydrogen-bond acceptors (Lipinski definition) is 2. The fraction of sp³-hybridized carbons (Fsp3) is 0.500. The lowest BCUT2D eigenvalue weighted by Gasteiger charge is -2.34. The number of carboxylic acids is 1. The maximum atomic E-state index is 11.3. The number of carboxylic acid groups (broad SMARTS) is 1. The van der Waals surface area contributed by atoms with Crippen LogP contribution in [0.2, 0.25) is 5.02 Å². The maximum absolute atomic E-state index is 11.3. The van der Waals surface area contributed by atoms with Crippen LogP contribution < -0.4 is 0 Å². The van der Waals surface area contributed by atoms with Crippen molar-refractivity contribution in [1.29, 1.82) is 0 Å². The second kappa shape index (κ2) is 5.72. The molecule has 0 radical (unpaired) electrons. The third kappa shape index (κ3) is 3.24. The number of aliphatic carboxylic acids is 1.